The summed E-state index contributed by atoms with van der Waals surface area (Å²) in [5.74, 6) is 0.291. The predicted molar refractivity (Wildman–Crippen MR) is 76.7 cm³/mol. The van der Waals surface area contributed by atoms with E-state index in [9.17, 15) is 4.79 Å². The zero-order valence-electron chi connectivity index (χ0n) is 11.1. The fourth-order valence-corrected chi connectivity index (χ4v) is 3.08. The van der Waals surface area contributed by atoms with E-state index >= 15 is 0 Å². The van der Waals surface area contributed by atoms with E-state index in [4.69, 9.17) is 5.73 Å². The third-order valence-corrected chi connectivity index (χ3v) is 4.55. The average Bonchev–Trinajstić information content (AvgIpc) is 3.11. The quantitative estimate of drug-likeness (QED) is 0.837. The zero-order chi connectivity index (χ0) is 13.4. The van der Waals surface area contributed by atoms with Crippen LogP contribution < -0.4 is 16.0 Å². The lowest BCUT2D eigenvalue weighted by Crippen LogP contribution is -2.44. The molecule has 7 heteroatoms. The molecule has 2 aliphatic rings. The van der Waals surface area contributed by atoms with Crippen molar-refractivity contribution in [3.05, 3.63) is 5.56 Å². The number of anilines is 2. The molecule has 0 radical (unpaired) electrons. The third-order valence-electron chi connectivity index (χ3n) is 3.63. The molecule has 0 aromatic carbocycles. The summed E-state index contributed by atoms with van der Waals surface area (Å²) in [6, 6.07) is 0.340. The van der Waals surface area contributed by atoms with Gasteiger partial charge in [-0.2, -0.15) is 4.37 Å². The van der Waals surface area contributed by atoms with Crippen molar-refractivity contribution in [2.75, 3.05) is 43.9 Å². The lowest BCUT2D eigenvalue weighted by molar-refractivity contribution is 0.0952. The van der Waals surface area contributed by atoms with Crippen LogP contribution in [0.15, 0.2) is 0 Å². The van der Waals surface area contributed by atoms with E-state index in [0.29, 0.717) is 17.4 Å². The zero-order valence-corrected chi connectivity index (χ0v) is 11.9. The largest absolute Gasteiger partial charge is 0.382 e. The maximum atomic E-state index is 12.2. The van der Waals surface area contributed by atoms with Gasteiger partial charge in [-0.15, -0.1) is 0 Å². The summed E-state index contributed by atoms with van der Waals surface area (Å²) in [4.78, 5) is 16.7. The number of rotatable bonds is 3. The molecule has 1 aromatic rings. The van der Waals surface area contributed by atoms with Crippen LogP contribution in [0.3, 0.4) is 0 Å². The topological polar surface area (TPSA) is 74.5 Å². The van der Waals surface area contributed by atoms with Gasteiger partial charge in [-0.05, 0) is 31.4 Å². The van der Waals surface area contributed by atoms with E-state index in [0.717, 1.165) is 44.0 Å². The molecule has 1 saturated carbocycles. The number of aromatic nitrogens is 1. The van der Waals surface area contributed by atoms with Gasteiger partial charge in [-0.25, -0.2) is 0 Å². The molecule has 3 rings (SSSR count). The van der Waals surface area contributed by atoms with Gasteiger partial charge < -0.3 is 20.9 Å². The first-order chi connectivity index (χ1) is 9.15. The Labute approximate surface area is 116 Å². The Morgan fingerprint density at radius 3 is 2.68 bits per heavy atom. The Morgan fingerprint density at radius 2 is 2.05 bits per heavy atom. The van der Waals surface area contributed by atoms with Gasteiger partial charge in [-0.3, -0.25) is 4.79 Å². The number of hydrogen-bond acceptors (Lipinski definition) is 6. The molecule has 0 bridgehead atoms. The molecule has 1 aliphatic heterocycles. The van der Waals surface area contributed by atoms with Gasteiger partial charge in [0.2, 0.25) is 0 Å². The third kappa shape index (κ3) is 2.66. The fraction of sp³-hybridized carbons (Fsp3) is 0.667. The van der Waals surface area contributed by atoms with Crippen LogP contribution in [0.25, 0.3) is 0 Å². The molecule has 1 aliphatic carbocycles. The van der Waals surface area contributed by atoms with Crippen molar-refractivity contribution in [3.8, 4) is 0 Å². The number of nitrogen functional groups attached to an aromatic ring is 1. The van der Waals surface area contributed by atoms with E-state index < -0.39 is 0 Å². The Balaban J connectivity index is 1.79. The minimum Gasteiger partial charge on any atom is -0.382 e. The smallest absolute Gasteiger partial charge is 0.258 e. The summed E-state index contributed by atoms with van der Waals surface area (Å²) in [6.45, 7) is 3.84. The SMILES string of the molecule is CN1CCN(c2snc(N)c2C(=O)NC2CC2)CC1. The summed E-state index contributed by atoms with van der Waals surface area (Å²) < 4.78 is 4.16. The van der Waals surface area contributed by atoms with Gasteiger partial charge in [0.1, 0.15) is 10.6 Å². The number of nitrogens with zero attached hydrogens (tertiary/aromatic N) is 3. The summed E-state index contributed by atoms with van der Waals surface area (Å²) in [5, 5.41) is 3.92. The second kappa shape index (κ2) is 4.97. The van der Waals surface area contributed by atoms with Gasteiger partial charge in [0, 0.05) is 32.2 Å². The maximum Gasteiger partial charge on any atom is 0.258 e. The van der Waals surface area contributed by atoms with Gasteiger partial charge in [-0.1, -0.05) is 0 Å². The van der Waals surface area contributed by atoms with E-state index in [2.05, 4.69) is 26.5 Å². The van der Waals surface area contributed by atoms with Gasteiger partial charge in [0.05, 0.1) is 0 Å². The molecule has 1 amide bonds. The van der Waals surface area contributed by atoms with E-state index in [1.165, 1.54) is 11.5 Å². The molecule has 6 nitrogen and oxygen atoms in total. The summed E-state index contributed by atoms with van der Waals surface area (Å²) in [5.41, 5.74) is 6.44. The number of hydrogen-bond donors (Lipinski definition) is 2. The second-order valence-electron chi connectivity index (χ2n) is 5.29. The van der Waals surface area contributed by atoms with E-state index in [1.54, 1.807) is 0 Å². The Bertz CT molecular complexity index is 476. The van der Waals surface area contributed by atoms with Crippen molar-refractivity contribution in [2.24, 2.45) is 0 Å². The summed E-state index contributed by atoms with van der Waals surface area (Å²) >= 11 is 1.33. The van der Waals surface area contributed by atoms with Crippen molar-refractivity contribution < 1.29 is 4.79 Å². The Hall–Kier alpha value is -1.34. The van der Waals surface area contributed by atoms with Crippen LogP contribution in [0.5, 0.6) is 0 Å². The highest BCUT2D eigenvalue weighted by Crippen LogP contribution is 2.32. The molecule has 2 fully saturated rings. The Morgan fingerprint density at radius 1 is 1.37 bits per heavy atom. The number of nitrogens with one attached hydrogen (secondary N) is 1. The molecule has 1 saturated heterocycles. The van der Waals surface area contributed by atoms with Crippen molar-refractivity contribution in [2.45, 2.75) is 18.9 Å². The number of piperazine rings is 1. The fourth-order valence-electron chi connectivity index (χ4n) is 2.22. The van der Waals surface area contributed by atoms with Crippen molar-refractivity contribution in [1.82, 2.24) is 14.6 Å². The maximum absolute atomic E-state index is 12.2. The normalized spacial score (nSPS) is 20.6. The first-order valence-electron chi connectivity index (χ1n) is 6.64. The highest BCUT2D eigenvalue weighted by molar-refractivity contribution is 7.11. The molecule has 0 spiro atoms. The van der Waals surface area contributed by atoms with Gasteiger partial charge in [0.25, 0.3) is 5.91 Å². The first-order valence-corrected chi connectivity index (χ1v) is 7.42. The molecule has 0 atom stereocenters. The van der Waals surface area contributed by atoms with Crippen molar-refractivity contribution in [1.29, 1.82) is 0 Å². The first kappa shape index (κ1) is 12.7. The molecule has 104 valence electrons. The van der Waals surface area contributed by atoms with Crippen molar-refractivity contribution >= 4 is 28.3 Å². The minimum atomic E-state index is -0.0670. The summed E-state index contributed by atoms with van der Waals surface area (Å²) in [7, 11) is 2.11. The highest BCUT2D eigenvalue weighted by atomic mass is 32.1. The number of carbonyl (C=O) groups excluding carboxylic acids is 1. The average molecular weight is 281 g/mol. The monoisotopic (exact) mass is 281 g/mol. The lowest BCUT2D eigenvalue weighted by atomic mass is 10.2. The van der Waals surface area contributed by atoms with Crippen LogP contribution in [0, 0.1) is 0 Å². The van der Waals surface area contributed by atoms with E-state index in [1.807, 2.05) is 0 Å². The molecule has 3 N–H and O–H groups in total. The standard InChI is InChI=1S/C12H19N5OS/c1-16-4-6-17(7-5-16)12-9(10(13)15-19-12)11(18)14-8-2-3-8/h8H,2-7H2,1H3,(H2,13,15)(H,14,18). The molecule has 1 aromatic heterocycles. The van der Waals surface area contributed by atoms with Crippen LogP contribution in [-0.2, 0) is 0 Å². The molecule has 0 unspecified atom stereocenters. The molecular weight excluding hydrogens is 262 g/mol. The predicted octanol–water partition coefficient (Wildman–Crippen LogP) is 0.369. The van der Waals surface area contributed by atoms with Crippen molar-refractivity contribution in [3.63, 3.8) is 0 Å². The van der Waals surface area contributed by atoms with Crippen LogP contribution in [0.1, 0.15) is 23.2 Å². The van der Waals surface area contributed by atoms with Crippen LogP contribution >= 0.6 is 11.5 Å². The minimum absolute atomic E-state index is 0.0670. The molecular formula is C12H19N5OS. The second-order valence-corrected chi connectivity index (χ2v) is 6.04. The van der Waals surface area contributed by atoms with Crippen LogP contribution in [0.4, 0.5) is 10.8 Å². The molecule has 19 heavy (non-hydrogen) atoms. The van der Waals surface area contributed by atoms with Gasteiger partial charge >= 0.3 is 0 Å². The summed E-state index contributed by atoms with van der Waals surface area (Å²) in [6.07, 6.45) is 2.15. The number of nitrogens with two attached hydrogens (primary N) is 1. The van der Waals surface area contributed by atoms with E-state index in [-0.39, 0.29) is 5.91 Å². The number of carbonyl (C=O) groups is 1. The molecule has 2 heterocycles. The number of likely N-dealkylation sites (N-methyl/N-ethyl adjacent to an activating group) is 1. The van der Waals surface area contributed by atoms with Gasteiger partial charge in [0.15, 0.2) is 5.82 Å². The van der Waals surface area contributed by atoms with Crippen LogP contribution in [0.2, 0.25) is 0 Å². The highest BCUT2D eigenvalue weighted by Gasteiger charge is 2.29. The Kier molecular flexibility index (Phi) is 3.32. The number of amides is 1. The lowest BCUT2D eigenvalue weighted by Gasteiger charge is -2.33. The van der Waals surface area contributed by atoms with Crippen LogP contribution in [-0.4, -0.2) is 54.4 Å².